The predicted octanol–water partition coefficient (Wildman–Crippen LogP) is 5.41. The minimum absolute atomic E-state index is 0.117. The Bertz CT molecular complexity index is 1430. The van der Waals surface area contributed by atoms with Crippen LogP contribution in [0.3, 0.4) is 0 Å². The topological polar surface area (TPSA) is 106 Å². The summed E-state index contributed by atoms with van der Waals surface area (Å²) in [6.07, 6.45) is 0. The van der Waals surface area contributed by atoms with Crippen molar-refractivity contribution in [3.8, 4) is 17.2 Å². The number of benzene rings is 3. The van der Waals surface area contributed by atoms with Crippen LogP contribution in [0, 0.1) is 5.92 Å². The highest BCUT2D eigenvalue weighted by molar-refractivity contribution is 8.04. The summed E-state index contributed by atoms with van der Waals surface area (Å²) >= 11 is 1.20. The molecule has 40 heavy (non-hydrogen) atoms. The van der Waals surface area contributed by atoms with Gasteiger partial charge in [-0.2, -0.15) is 0 Å². The second-order valence-corrected chi connectivity index (χ2v) is 10.4. The highest BCUT2D eigenvalue weighted by atomic mass is 32.2. The third-order valence-corrected chi connectivity index (χ3v) is 7.11. The van der Waals surface area contributed by atoms with Crippen molar-refractivity contribution < 1.29 is 28.6 Å². The van der Waals surface area contributed by atoms with Crippen LogP contribution in [0.5, 0.6) is 17.2 Å². The zero-order chi connectivity index (χ0) is 28.8. The number of nitrogens with one attached hydrogen (secondary N) is 2. The lowest BCUT2D eigenvalue weighted by atomic mass is 10.1. The number of amides is 3. The summed E-state index contributed by atoms with van der Waals surface area (Å²) in [4.78, 5) is 41.8. The van der Waals surface area contributed by atoms with Gasteiger partial charge >= 0.3 is 0 Å². The van der Waals surface area contributed by atoms with Crippen LogP contribution in [0.2, 0.25) is 0 Å². The number of carbonyl (C=O) groups excluding carboxylic acids is 3. The highest BCUT2D eigenvalue weighted by Crippen LogP contribution is 2.37. The van der Waals surface area contributed by atoms with Crippen molar-refractivity contribution in [1.82, 2.24) is 4.90 Å². The molecule has 208 valence electrons. The molecule has 9 nitrogen and oxygen atoms in total. The van der Waals surface area contributed by atoms with Gasteiger partial charge in [-0.3, -0.25) is 19.3 Å². The first-order chi connectivity index (χ1) is 19.2. The maximum Gasteiger partial charge on any atom is 0.278 e. The largest absolute Gasteiger partial charge is 0.497 e. The van der Waals surface area contributed by atoms with E-state index in [2.05, 4.69) is 10.6 Å². The summed E-state index contributed by atoms with van der Waals surface area (Å²) in [6.45, 7) is 4.23. The quantitative estimate of drug-likeness (QED) is 0.300. The normalized spacial score (nSPS) is 13.1. The molecule has 0 spiro atoms. The second kappa shape index (κ2) is 12.6. The van der Waals surface area contributed by atoms with Gasteiger partial charge in [-0.25, -0.2) is 0 Å². The Balaban J connectivity index is 1.54. The number of nitrogens with zero attached hydrogens (tertiary/aromatic N) is 1. The molecule has 0 aliphatic carbocycles. The zero-order valence-corrected chi connectivity index (χ0v) is 23.8. The molecule has 1 heterocycles. The number of methoxy groups -OCH3 is 3. The van der Waals surface area contributed by atoms with E-state index in [1.165, 1.54) is 23.8 Å². The van der Waals surface area contributed by atoms with Crippen LogP contribution >= 0.6 is 11.8 Å². The van der Waals surface area contributed by atoms with Gasteiger partial charge in [0.2, 0.25) is 0 Å². The lowest BCUT2D eigenvalue weighted by molar-refractivity contribution is -0.137. The number of ether oxygens (including phenoxy) is 3. The summed E-state index contributed by atoms with van der Waals surface area (Å²) in [5, 5.41) is 5.99. The maximum atomic E-state index is 13.3. The molecule has 1 aliphatic rings. The lowest BCUT2D eigenvalue weighted by Crippen LogP contribution is -2.35. The molecule has 0 aromatic heterocycles. The van der Waals surface area contributed by atoms with Crippen LogP contribution in [-0.2, 0) is 9.59 Å². The third kappa shape index (κ3) is 6.40. The van der Waals surface area contributed by atoms with E-state index in [0.29, 0.717) is 45.6 Å². The van der Waals surface area contributed by atoms with Crippen LogP contribution in [0.25, 0.3) is 0 Å². The van der Waals surface area contributed by atoms with Gasteiger partial charge in [0.25, 0.3) is 17.7 Å². The van der Waals surface area contributed by atoms with E-state index in [9.17, 15) is 14.4 Å². The van der Waals surface area contributed by atoms with Crippen molar-refractivity contribution in [1.29, 1.82) is 0 Å². The first-order valence-corrected chi connectivity index (χ1v) is 13.4. The molecule has 1 aliphatic heterocycles. The van der Waals surface area contributed by atoms with Crippen LogP contribution < -0.4 is 24.8 Å². The molecule has 0 bridgehead atoms. The Labute approximate surface area is 237 Å². The highest BCUT2D eigenvalue weighted by Gasteiger charge is 2.39. The smallest absolute Gasteiger partial charge is 0.278 e. The van der Waals surface area contributed by atoms with Crippen LogP contribution in [0.4, 0.5) is 11.4 Å². The van der Waals surface area contributed by atoms with Gasteiger partial charge in [-0.15, -0.1) is 0 Å². The van der Waals surface area contributed by atoms with Gasteiger partial charge < -0.3 is 24.8 Å². The van der Waals surface area contributed by atoms with E-state index in [1.54, 1.807) is 80.9 Å². The van der Waals surface area contributed by atoms with E-state index in [4.69, 9.17) is 14.2 Å². The van der Waals surface area contributed by atoms with Gasteiger partial charge in [0.15, 0.2) is 0 Å². The molecule has 0 saturated heterocycles. The summed E-state index contributed by atoms with van der Waals surface area (Å²) in [5.74, 6) is 0.723. The first kappa shape index (κ1) is 28.6. The Morgan fingerprint density at radius 1 is 0.825 bits per heavy atom. The molecule has 3 aromatic carbocycles. The van der Waals surface area contributed by atoms with E-state index in [0.717, 1.165) is 4.90 Å². The Morgan fingerprint density at radius 3 is 2.05 bits per heavy atom. The third-order valence-electron chi connectivity index (χ3n) is 6.02. The predicted molar refractivity (Wildman–Crippen MR) is 155 cm³/mol. The lowest BCUT2D eigenvalue weighted by Gasteiger charge is -2.17. The number of anilines is 2. The van der Waals surface area contributed by atoms with Gasteiger partial charge in [0.1, 0.15) is 27.9 Å². The Hall–Kier alpha value is -4.44. The second-order valence-electron chi connectivity index (χ2n) is 9.32. The molecular formula is C30H31N3O6S. The number of hydrogen-bond donors (Lipinski definition) is 2. The van der Waals surface area contributed by atoms with Crippen molar-refractivity contribution in [2.75, 3.05) is 38.5 Å². The molecule has 0 fully saturated rings. The molecule has 3 amide bonds. The Morgan fingerprint density at radius 2 is 1.45 bits per heavy atom. The molecular weight excluding hydrogens is 530 g/mol. The molecule has 0 unspecified atom stereocenters. The van der Waals surface area contributed by atoms with Crippen molar-refractivity contribution in [3.05, 3.63) is 82.9 Å². The van der Waals surface area contributed by atoms with Gasteiger partial charge in [0.05, 0.1) is 26.9 Å². The zero-order valence-electron chi connectivity index (χ0n) is 22.9. The van der Waals surface area contributed by atoms with Crippen LogP contribution in [0.1, 0.15) is 24.2 Å². The van der Waals surface area contributed by atoms with Crippen molar-refractivity contribution in [3.63, 3.8) is 0 Å². The average Bonchev–Trinajstić information content (AvgIpc) is 3.17. The van der Waals surface area contributed by atoms with Gasteiger partial charge in [0, 0.05) is 28.9 Å². The molecule has 0 radical (unpaired) electrons. The molecule has 4 rings (SSSR count). The number of imide groups is 1. The van der Waals surface area contributed by atoms with E-state index < -0.39 is 0 Å². The van der Waals surface area contributed by atoms with E-state index >= 15 is 0 Å². The van der Waals surface area contributed by atoms with E-state index in [1.807, 2.05) is 13.8 Å². The molecule has 10 heteroatoms. The average molecular weight is 562 g/mol. The summed E-state index contributed by atoms with van der Waals surface area (Å²) in [7, 11) is 4.61. The molecule has 0 saturated carbocycles. The fourth-order valence-electron chi connectivity index (χ4n) is 4.02. The number of rotatable bonds is 11. The van der Waals surface area contributed by atoms with Gasteiger partial charge in [-0.1, -0.05) is 25.6 Å². The summed E-state index contributed by atoms with van der Waals surface area (Å²) in [5.41, 5.74) is 1.81. The van der Waals surface area contributed by atoms with Crippen LogP contribution in [-0.4, -0.2) is 50.5 Å². The van der Waals surface area contributed by atoms with Crippen molar-refractivity contribution in [2.45, 2.75) is 18.7 Å². The maximum absolute atomic E-state index is 13.3. The van der Waals surface area contributed by atoms with Crippen molar-refractivity contribution in [2.24, 2.45) is 5.92 Å². The number of hydrogen-bond acceptors (Lipinski definition) is 8. The minimum Gasteiger partial charge on any atom is -0.497 e. The minimum atomic E-state index is -0.366. The molecule has 0 atom stereocenters. The monoisotopic (exact) mass is 561 g/mol. The number of carbonyl (C=O) groups is 3. The summed E-state index contributed by atoms with van der Waals surface area (Å²) < 4.78 is 15.7. The standard InChI is InChI=1S/C30H31N3O6S/c1-18(2)17-33-29(35)26(31-19-6-10-21(37-3)11-7-19)27(30(33)36)40-23-13-8-20(9-14-23)32-28(34)24-15-12-22(38-4)16-25(24)39-5/h6-16,18,31H,17H2,1-5H3,(H,32,34). The van der Waals surface area contributed by atoms with E-state index in [-0.39, 0.29) is 29.3 Å². The molecule has 2 N–H and O–H groups in total. The molecule has 3 aromatic rings. The Kier molecular flexibility index (Phi) is 9.00. The fraction of sp³-hybridized carbons (Fsp3) is 0.233. The van der Waals surface area contributed by atoms with Gasteiger partial charge in [-0.05, 0) is 66.6 Å². The summed E-state index contributed by atoms with van der Waals surface area (Å²) in [6, 6.07) is 19.1. The first-order valence-electron chi connectivity index (χ1n) is 12.6. The number of thioether (sulfide) groups is 1. The van der Waals surface area contributed by atoms with Crippen LogP contribution in [0.15, 0.2) is 82.2 Å². The van der Waals surface area contributed by atoms with Crippen molar-refractivity contribution >= 4 is 40.9 Å². The fourth-order valence-corrected chi connectivity index (χ4v) is 4.96. The SMILES string of the molecule is COc1ccc(NC2=C(Sc3ccc(NC(=O)c4ccc(OC)cc4OC)cc3)C(=O)N(CC(C)C)C2=O)cc1.